The van der Waals surface area contributed by atoms with Crippen molar-refractivity contribution in [2.75, 3.05) is 13.7 Å². The predicted molar refractivity (Wildman–Crippen MR) is 99.5 cm³/mol. The van der Waals surface area contributed by atoms with E-state index in [1.165, 1.54) is 0 Å². The second-order valence-electron chi connectivity index (χ2n) is 7.86. The van der Waals surface area contributed by atoms with E-state index in [4.69, 9.17) is 4.74 Å². The highest BCUT2D eigenvalue weighted by atomic mass is 16.5. The van der Waals surface area contributed by atoms with E-state index in [2.05, 4.69) is 41.5 Å². The van der Waals surface area contributed by atoms with Crippen LogP contribution in [0.4, 0.5) is 0 Å². The van der Waals surface area contributed by atoms with E-state index in [1.807, 2.05) is 24.4 Å². The van der Waals surface area contributed by atoms with Gasteiger partial charge in [-0.2, -0.15) is 10.2 Å². The molecule has 0 saturated heterocycles. The fourth-order valence-corrected chi connectivity index (χ4v) is 4.96. The second-order valence-corrected chi connectivity index (χ2v) is 7.86. The lowest BCUT2D eigenvalue weighted by Crippen LogP contribution is -2.52. The quantitative estimate of drug-likeness (QED) is 0.895. The Labute approximate surface area is 154 Å². The number of fused-ring (bicyclic) bond motifs is 1. The molecule has 0 amide bonds. The number of nitrogens with one attached hydrogen (secondary N) is 1. The minimum Gasteiger partial charge on any atom is -0.384 e. The number of Topliss-reactive ketones (excluding diaryl/α,β-unsaturated/α-hetero) is 1. The van der Waals surface area contributed by atoms with Gasteiger partial charge in [0.25, 0.3) is 0 Å². The van der Waals surface area contributed by atoms with Crippen LogP contribution < -0.4 is 5.32 Å². The molecular weight excluding hydrogens is 326 g/mol. The number of hydrogen-bond donors (Lipinski definition) is 1. The molecule has 1 aliphatic carbocycles. The molecule has 1 aromatic rings. The van der Waals surface area contributed by atoms with Gasteiger partial charge in [-0.3, -0.25) is 4.79 Å². The molecule has 0 radical (unpaired) electrons. The summed E-state index contributed by atoms with van der Waals surface area (Å²) in [6.45, 7) is 4.84. The molecule has 3 atom stereocenters. The van der Waals surface area contributed by atoms with E-state index in [9.17, 15) is 4.79 Å². The molecule has 136 valence electrons. The maximum atomic E-state index is 13.4. The van der Waals surface area contributed by atoms with Gasteiger partial charge in [-0.1, -0.05) is 44.2 Å². The van der Waals surface area contributed by atoms with Crippen molar-refractivity contribution in [2.45, 2.75) is 44.7 Å². The predicted octanol–water partition coefficient (Wildman–Crippen LogP) is 3.88. The van der Waals surface area contributed by atoms with Gasteiger partial charge in [0.1, 0.15) is 0 Å². The second kappa shape index (κ2) is 6.16. The summed E-state index contributed by atoms with van der Waals surface area (Å²) in [5.74, 6) is 0.204. The zero-order valence-electron chi connectivity index (χ0n) is 15.6. The monoisotopic (exact) mass is 351 g/mol. The molecular formula is C21H25N3O2. The molecule has 4 rings (SSSR count). The summed E-state index contributed by atoms with van der Waals surface area (Å²) in [6, 6.07) is 10.3. The van der Waals surface area contributed by atoms with Crippen LogP contribution in [0.25, 0.3) is 0 Å². The smallest absolute Gasteiger partial charge is 0.164 e. The number of allylic oxidation sites excluding steroid dienone is 2. The first-order chi connectivity index (χ1) is 12.5. The third-order valence-corrected chi connectivity index (χ3v) is 5.97. The minimum absolute atomic E-state index is 0.188. The van der Waals surface area contributed by atoms with Crippen molar-refractivity contribution in [3.05, 3.63) is 58.9 Å². The molecule has 2 heterocycles. The summed E-state index contributed by atoms with van der Waals surface area (Å²) in [5, 5.41) is 12.1. The molecule has 5 nitrogen and oxygen atoms in total. The normalized spacial score (nSPS) is 32.8. The molecule has 1 unspecified atom stereocenters. The van der Waals surface area contributed by atoms with Gasteiger partial charge in [-0.25, -0.2) is 0 Å². The molecule has 0 aromatic heterocycles. The summed E-state index contributed by atoms with van der Waals surface area (Å²) in [6.07, 6.45) is 3.75. The summed E-state index contributed by atoms with van der Waals surface area (Å²) in [7, 11) is 1.69. The van der Waals surface area contributed by atoms with Crippen LogP contribution in [0.2, 0.25) is 0 Å². The molecule has 5 heteroatoms. The lowest BCUT2D eigenvalue weighted by atomic mass is 9.58. The Kier molecular flexibility index (Phi) is 4.07. The molecule has 0 saturated carbocycles. The van der Waals surface area contributed by atoms with Crippen LogP contribution >= 0.6 is 0 Å². The third kappa shape index (κ3) is 2.37. The molecule has 0 bridgehead atoms. The van der Waals surface area contributed by atoms with E-state index < -0.39 is 5.41 Å². The first-order valence-corrected chi connectivity index (χ1v) is 9.22. The Balaban J connectivity index is 1.93. The lowest BCUT2D eigenvalue weighted by molar-refractivity contribution is -0.120. The van der Waals surface area contributed by atoms with E-state index in [0.717, 1.165) is 35.2 Å². The number of nitrogens with zero attached hydrogens (tertiary/aromatic N) is 2. The van der Waals surface area contributed by atoms with Gasteiger partial charge in [0.2, 0.25) is 0 Å². The van der Waals surface area contributed by atoms with Crippen molar-refractivity contribution in [1.82, 2.24) is 5.32 Å². The number of carbonyl (C=O) groups is 1. The molecule has 0 fully saturated rings. The Morgan fingerprint density at radius 2 is 2.04 bits per heavy atom. The van der Waals surface area contributed by atoms with Gasteiger partial charge in [-0.15, -0.1) is 0 Å². The minimum atomic E-state index is -0.457. The third-order valence-electron chi connectivity index (χ3n) is 5.97. The Hall–Kier alpha value is -2.27. The van der Waals surface area contributed by atoms with Gasteiger partial charge in [0, 0.05) is 35.8 Å². The number of rotatable bonds is 4. The maximum absolute atomic E-state index is 13.4. The highest BCUT2D eigenvalue weighted by Gasteiger charge is 2.53. The van der Waals surface area contributed by atoms with Gasteiger partial charge < -0.3 is 10.1 Å². The largest absolute Gasteiger partial charge is 0.384 e. The summed E-state index contributed by atoms with van der Waals surface area (Å²) in [5.41, 5.74) is 3.48. The standard InChI is InChI=1S/C21H25N3O2/c1-4-21(14-8-6-5-7-9-14)15-12-22-24-19(15)23-16-10-20(2,13-26-3)11-17(25)18(16)21/h5-9,12,19,23H,4,10-11,13H2,1-3H3/t19?,20-,21+/m1/s1. The van der Waals surface area contributed by atoms with Gasteiger partial charge in [0.05, 0.1) is 18.2 Å². The fourth-order valence-electron chi connectivity index (χ4n) is 4.96. The van der Waals surface area contributed by atoms with Crippen molar-refractivity contribution in [2.24, 2.45) is 15.6 Å². The number of benzene rings is 1. The molecule has 1 N–H and O–H groups in total. The van der Waals surface area contributed by atoms with E-state index in [-0.39, 0.29) is 17.4 Å². The summed E-state index contributed by atoms with van der Waals surface area (Å²) in [4.78, 5) is 13.4. The number of hydrogen-bond acceptors (Lipinski definition) is 5. The summed E-state index contributed by atoms with van der Waals surface area (Å²) < 4.78 is 5.41. The van der Waals surface area contributed by atoms with E-state index in [0.29, 0.717) is 13.0 Å². The van der Waals surface area contributed by atoms with Crippen LogP contribution in [0.1, 0.15) is 38.7 Å². The van der Waals surface area contributed by atoms with Crippen molar-refractivity contribution in [3.63, 3.8) is 0 Å². The van der Waals surface area contributed by atoms with Crippen LogP contribution in [0.15, 0.2) is 63.6 Å². The highest BCUT2D eigenvalue weighted by molar-refractivity contribution is 6.01. The van der Waals surface area contributed by atoms with Crippen molar-refractivity contribution < 1.29 is 9.53 Å². The van der Waals surface area contributed by atoms with E-state index in [1.54, 1.807) is 7.11 Å². The fraction of sp³-hybridized carbons (Fsp3) is 0.476. The maximum Gasteiger partial charge on any atom is 0.164 e. The Morgan fingerprint density at radius 3 is 2.73 bits per heavy atom. The number of ether oxygens (including phenoxy) is 1. The number of azo groups is 1. The first-order valence-electron chi connectivity index (χ1n) is 9.22. The number of ketones is 1. The molecule has 3 aliphatic rings. The molecule has 1 aromatic carbocycles. The highest BCUT2D eigenvalue weighted by Crippen LogP contribution is 2.53. The number of methoxy groups -OCH3 is 1. The molecule has 0 spiro atoms. The van der Waals surface area contributed by atoms with Crippen LogP contribution in [0, 0.1) is 5.41 Å². The molecule has 2 aliphatic heterocycles. The van der Waals surface area contributed by atoms with Gasteiger partial charge in [-0.05, 0) is 18.4 Å². The van der Waals surface area contributed by atoms with Gasteiger partial charge >= 0.3 is 0 Å². The topological polar surface area (TPSA) is 63.0 Å². The van der Waals surface area contributed by atoms with Crippen LogP contribution in [-0.4, -0.2) is 25.7 Å². The van der Waals surface area contributed by atoms with Gasteiger partial charge in [0.15, 0.2) is 11.9 Å². The average molecular weight is 351 g/mol. The van der Waals surface area contributed by atoms with Crippen molar-refractivity contribution >= 4 is 5.78 Å². The van der Waals surface area contributed by atoms with E-state index >= 15 is 0 Å². The van der Waals surface area contributed by atoms with Crippen LogP contribution in [0.3, 0.4) is 0 Å². The first kappa shape index (κ1) is 17.2. The zero-order valence-corrected chi connectivity index (χ0v) is 15.6. The number of carbonyl (C=O) groups excluding carboxylic acids is 1. The zero-order chi connectivity index (χ0) is 18.4. The van der Waals surface area contributed by atoms with Crippen molar-refractivity contribution in [3.8, 4) is 0 Å². The average Bonchev–Trinajstić information content (AvgIpc) is 3.09. The SMILES string of the molecule is CC[C@]1(c2ccccc2)C2=CN=NC2NC2=C1C(=O)C[C@](C)(COC)C2. The molecule has 26 heavy (non-hydrogen) atoms. The van der Waals surface area contributed by atoms with Crippen molar-refractivity contribution in [1.29, 1.82) is 0 Å². The van der Waals surface area contributed by atoms with Crippen LogP contribution in [0.5, 0.6) is 0 Å². The Morgan fingerprint density at radius 1 is 1.27 bits per heavy atom. The lowest BCUT2D eigenvalue weighted by Gasteiger charge is -2.48. The van der Waals surface area contributed by atoms with Crippen LogP contribution in [-0.2, 0) is 14.9 Å². The Bertz CT molecular complexity index is 827. The summed E-state index contributed by atoms with van der Waals surface area (Å²) >= 11 is 0.